The molecule has 1 N–H and O–H groups in total. The molecule has 0 unspecified atom stereocenters. The second kappa shape index (κ2) is 11.7. The Morgan fingerprint density at radius 1 is 1.24 bits per heavy atom. The standard InChI is InChI=1S/C17H23NO5S2/c1-21-13-6-7-15(22-2)12(9-13)5-8-16(19)18-14(17(20)23-3)10-25-11-24-4/h5-9,14H,10-11H2,1-4H3,(H,18,19)/b8-5+/t14-/m0/s1. The maximum absolute atomic E-state index is 12.1. The van der Waals surface area contributed by atoms with Crippen LogP contribution in [0.3, 0.4) is 0 Å². The minimum Gasteiger partial charge on any atom is -0.497 e. The molecule has 0 spiro atoms. The summed E-state index contributed by atoms with van der Waals surface area (Å²) in [5.74, 6) is 0.876. The molecule has 0 bridgehead atoms. The maximum Gasteiger partial charge on any atom is 0.329 e. The van der Waals surface area contributed by atoms with Crippen LogP contribution in [0.5, 0.6) is 11.5 Å². The quantitative estimate of drug-likeness (QED) is 0.287. The smallest absolute Gasteiger partial charge is 0.329 e. The molecule has 0 saturated heterocycles. The van der Waals surface area contributed by atoms with E-state index in [1.807, 2.05) is 6.26 Å². The number of benzene rings is 1. The van der Waals surface area contributed by atoms with Crippen molar-refractivity contribution in [3.8, 4) is 11.5 Å². The van der Waals surface area contributed by atoms with E-state index < -0.39 is 12.0 Å². The van der Waals surface area contributed by atoms with E-state index in [0.717, 1.165) is 5.08 Å². The molecule has 0 heterocycles. The summed E-state index contributed by atoms with van der Waals surface area (Å²) < 4.78 is 15.2. The first-order valence-corrected chi connectivity index (χ1v) is 9.95. The Morgan fingerprint density at radius 2 is 2.00 bits per heavy atom. The van der Waals surface area contributed by atoms with Gasteiger partial charge in [-0.25, -0.2) is 4.79 Å². The third-order valence-electron chi connectivity index (χ3n) is 3.14. The molecule has 0 aromatic heterocycles. The molecular formula is C17H23NO5S2. The average molecular weight is 386 g/mol. The van der Waals surface area contributed by atoms with Crippen LogP contribution in [0.1, 0.15) is 5.56 Å². The van der Waals surface area contributed by atoms with Crippen LogP contribution in [0.4, 0.5) is 0 Å². The lowest BCUT2D eigenvalue weighted by atomic mass is 10.1. The number of hydrogen-bond acceptors (Lipinski definition) is 7. The Morgan fingerprint density at radius 3 is 2.60 bits per heavy atom. The van der Waals surface area contributed by atoms with Crippen molar-refractivity contribution < 1.29 is 23.8 Å². The Hall–Kier alpha value is -1.80. The number of thioether (sulfide) groups is 2. The van der Waals surface area contributed by atoms with E-state index in [9.17, 15) is 9.59 Å². The monoisotopic (exact) mass is 385 g/mol. The molecule has 1 atom stereocenters. The fraction of sp³-hybridized carbons (Fsp3) is 0.412. The maximum atomic E-state index is 12.1. The van der Waals surface area contributed by atoms with Crippen LogP contribution in [0.15, 0.2) is 24.3 Å². The number of methoxy groups -OCH3 is 3. The van der Waals surface area contributed by atoms with Gasteiger partial charge in [0.1, 0.15) is 17.5 Å². The zero-order valence-corrected chi connectivity index (χ0v) is 16.4. The number of ether oxygens (including phenoxy) is 3. The molecule has 1 aromatic rings. The van der Waals surface area contributed by atoms with E-state index >= 15 is 0 Å². The fourth-order valence-corrected chi connectivity index (χ4v) is 3.42. The van der Waals surface area contributed by atoms with E-state index in [2.05, 4.69) is 5.32 Å². The molecule has 1 aromatic carbocycles. The summed E-state index contributed by atoms with van der Waals surface area (Å²) >= 11 is 3.21. The molecule has 1 rings (SSSR count). The molecule has 0 radical (unpaired) electrons. The van der Waals surface area contributed by atoms with Crippen LogP contribution in [-0.4, -0.2) is 56.3 Å². The number of carbonyl (C=O) groups excluding carboxylic acids is 2. The van der Waals surface area contributed by atoms with Gasteiger partial charge in [-0.3, -0.25) is 4.79 Å². The highest BCUT2D eigenvalue weighted by Crippen LogP contribution is 2.25. The van der Waals surface area contributed by atoms with Crippen LogP contribution in [0.25, 0.3) is 6.08 Å². The van der Waals surface area contributed by atoms with Gasteiger partial charge in [0.05, 0.1) is 21.3 Å². The van der Waals surface area contributed by atoms with E-state index in [4.69, 9.17) is 14.2 Å². The average Bonchev–Trinajstić information content (AvgIpc) is 2.64. The number of nitrogens with one attached hydrogen (secondary N) is 1. The third-order valence-corrected chi connectivity index (χ3v) is 5.32. The van der Waals surface area contributed by atoms with Crippen molar-refractivity contribution >= 4 is 41.5 Å². The van der Waals surface area contributed by atoms with Gasteiger partial charge in [-0.05, 0) is 30.5 Å². The van der Waals surface area contributed by atoms with Gasteiger partial charge in [-0.2, -0.15) is 11.8 Å². The SMILES string of the molecule is COC(=O)[C@H](CSCSC)NC(=O)/C=C/c1cc(OC)ccc1OC. The highest BCUT2D eigenvalue weighted by Gasteiger charge is 2.20. The van der Waals surface area contributed by atoms with Gasteiger partial charge in [0.15, 0.2) is 0 Å². The second-order valence-electron chi connectivity index (χ2n) is 4.80. The summed E-state index contributed by atoms with van der Waals surface area (Å²) in [6.45, 7) is 0. The van der Waals surface area contributed by atoms with E-state index in [1.54, 1.807) is 62.0 Å². The fourth-order valence-electron chi connectivity index (χ4n) is 1.92. The molecule has 0 aliphatic rings. The van der Waals surface area contributed by atoms with Crippen molar-refractivity contribution in [2.75, 3.05) is 38.4 Å². The molecule has 8 heteroatoms. The van der Waals surface area contributed by atoms with E-state index in [-0.39, 0.29) is 5.91 Å². The van der Waals surface area contributed by atoms with Gasteiger partial charge in [0.25, 0.3) is 0 Å². The highest BCUT2D eigenvalue weighted by molar-refractivity contribution is 8.15. The number of amides is 1. The summed E-state index contributed by atoms with van der Waals surface area (Å²) in [6, 6.07) is 4.60. The summed E-state index contributed by atoms with van der Waals surface area (Å²) in [4.78, 5) is 23.9. The molecule has 138 valence electrons. The number of esters is 1. The lowest BCUT2D eigenvalue weighted by molar-refractivity contribution is -0.143. The minimum absolute atomic E-state index is 0.384. The minimum atomic E-state index is -0.688. The predicted octanol–water partition coefficient (Wildman–Crippen LogP) is 2.43. The summed E-state index contributed by atoms with van der Waals surface area (Å²) in [5, 5.41) is 3.49. The zero-order chi connectivity index (χ0) is 18.7. The van der Waals surface area contributed by atoms with Crippen molar-refractivity contribution in [2.45, 2.75) is 6.04 Å². The normalized spacial score (nSPS) is 11.8. The second-order valence-corrected chi connectivity index (χ2v) is 7.06. The highest BCUT2D eigenvalue weighted by atomic mass is 32.2. The molecule has 6 nitrogen and oxygen atoms in total. The Labute approximate surface area is 156 Å². The molecule has 0 aliphatic carbocycles. The first-order chi connectivity index (χ1) is 12.0. The number of hydrogen-bond donors (Lipinski definition) is 1. The summed E-state index contributed by atoms with van der Waals surface area (Å²) in [7, 11) is 4.42. The van der Waals surface area contributed by atoms with Crippen LogP contribution < -0.4 is 14.8 Å². The van der Waals surface area contributed by atoms with E-state index in [0.29, 0.717) is 22.8 Å². The lowest BCUT2D eigenvalue weighted by Crippen LogP contribution is -2.42. The van der Waals surface area contributed by atoms with Crippen LogP contribution in [0, 0.1) is 0 Å². The summed E-state index contributed by atoms with van der Waals surface area (Å²) in [6.07, 6.45) is 4.94. The van der Waals surface area contributed by atoms with Gasteiger partial charge in [0.2, 0.25) is 5.91 Å². The van der Waals surface area contributed by atoms with Crippen molar-refractivity contribution in [3.63, 3.8) is 0 Å². The zero-order valence-electron chi connectivity index (χ0n) is 14.7. The summed E-state index contributed by atoms with van der Waals surface area (Å²) in [5.41, 5.74) is 0.698. The number of rotatable bonds is 10. The Bertz CT molecular complexity index is 607. The molecule has 0 aliphatic heterocycles. The van der Waals surface area contributed by atoms with Crippen LogP contribution >= 0.6 is 23.5 Å². The van der Waals surface area contributed by atoms with Gasteiger partial charge in [0, 0.05) is 22.5 Å². The van der Waals surface area contributed by atoms with Gasteiger partial charge in [-0.1, -0.05) is 0 Å². The van der Waals surface area contributed by atoms with Crippen LogP contribution in [-0.2, 0) is 14.3 Å². The lowest BCUT2D eigenvalue weighted by Gasteiger charge is -2.14. The van der Waals surface area contributed by atoms with E-state index in [1.165, 1.54) is 13.2 Å². The van der Waals surface area contributed by atoms with Crippen molar-refractivity contribution in [3.05, 3.63) is 29.8 Å². The van der Waals surface area contributed by atoms with Gasteiger partial charge >= 0.3 is 5.97 Å². The van der Waals surface area contributed by atoms with Crippen molar-refractivity contribution in [1.82, 2.24) is 5.32 Å². The third kappa shape index (κ3) is 7.31. The van der Waals surface area contributed by atoms with Crippen molar-refractivity contribution in [2.24, 2.45) is 0 Å². The van der Waals surface area contributed by atoms with Crippen LogP contribution in [0.2, 0.25) is 0 Å². The molecular weight excluding hydrogens is 362 g/mol. The predicted molar refractivity (Wildman–Crippen MR) is 103 cm³/mol. The largest absolute Gasteiger partial charge is 0.497 e. The Kier molecular flexibility index (Phi) is 9.94. The molecule has 25 heavy (non-hydrogen) atoms. The molecule has 1 amide bonds. The first-order valence-electron chi connectivity index (χ1n) is 7.40. The van der Waals surface area contributed by atoms with Gasteiger partial charge < -0.3 is 19.5 Å². The molecule has 0 fully saturated rings. The number of carbonyl (C=O) groups is 2. The van der Waals surface area contributed by atoms with Gasteiger partial charge in [-0.15, -0.1) is 11.8 Å². The van der Waals surface area contributed by atoms with Crippen molar-refractivity contribution in [1.29, 1.82) is 0 Å². The first kappa shape index (κ1) is 21.2. The topological polar surface area (TPSA) is 73.9 Å². The molecule has 0 saturated carbocycles. The Balaban J connectivity index is 2.78.